The van der Waals surface area contributed by atoms with Crippen LogP contribution in [0.15, 0.2) is 34.8 Å². The van der Waals surface area contributed by atoms with Gasteiger partial charge in [-0.2, -0.15) is 0 Å². The lowest BCUT2D eigenvalue weighted by Gasteiger charge is -1.99. The van der Waals surface area contributed by atoms with Crippen molar-refractivity contribution in [2.75, 3.05) is 0 Å². The Morgan fingerprint density at radius 1 is 1.33 bits per heavy atom. The largest absolute Gasteiger partial charge is 0.478 e. The molecule has 0 spiro atoms. The number of nitrogens with one attached hydrogen (secondary N) is 1. The number of aromatic amines is 1. The Balaban J connectivity index is 2.16. The summed E-state index contributed by atoms with van der Waals surface area (Å²) in [7, 11) is 0. The van der Waals surface area contributed by atoms with Crippen LogP contribution in [0, 0.1) is 5.82 Å². The summed E-state index contributed by atoms with van der Waals surface area (Å²) in [5.74, 6) is -1.63. The molecule has 0 amide bonds. The quantitative estimate of drug-likeness (QED) is 0.700. The van der Waals surface area contributed by atoms with Crippen molar-refractivity contribution >= 4 is 44.5 Å². The van der Waals surface area contributed by atoms with E-state index in [2.05, 4.69) is 25.9 Å². The Morgan fingerprint density at radius 2 is 2.10 bits per heavy atom. The molecular formula is C14H7BrClFN2O2. The zero-order valence-electron chi connectivity index (χ0n) is 10.3. The van der Waals surface area contributed by atoms with Crippen molar-refractivity contribution in [3.05, 3.63) is 51.2 Å². The molecule has 0 radical (unpaired) electrons. The lowest BCUT2D eigenvalue weighted by molar-refractivity contribution is 0.0692. The average Bonchev–Trinajstić information content (AvgIpc) is 2.83. The minimum absolute atomic E-state index is 0.384. The van der Waals surface area contributed by atoms with Gasteiger partial charge in [0, 0.05) is 16.1 Å². The molecule has 106 valence electrons. The molecule has 0 aliphatic rings. The maximum Gasteiger partial charge on any atom is 0.338 e. The van der Waals surface area contributed by atoms with E-state index in [4.69, 9.17) is 16.7 Å². The Labute approximate surface area is 131 Å². The van der Waals surface area contributed by atoms with Gasteiger partial charge < -0.3 is 10.1 Å². The van der Waals surface area contributed by atoms with Gasteiger partial charge >= 0.3 is 5.97 Å². The number of rotatable bonds is 2. The smallest absolute Gasteiger partial charge is 0.338 e. The summed E-state index contributed by atoms with van der Waals surface area (Å²) in [6.45, 7) is 0. The maximum absolute atomic E-state index is 13.6. The molecule has 4 nitrogen and oxygen atoms in total. The normalized spacial score (nSPS) is 11.0. The molecule has 1 aromatic heterocycles. The number of hydrogen-bond acceptors (Lipinski definition) is 2. The van der Waals surface area contributed by atoms with Crippen molar-refractivity contribution in [3.8, 4) is 11.4 Å². The Kier molecular flexibility index (Phi) is 3.43. The van der Waals surface area contributed by atoms with E-state index in [0.717, 1.165) is 11.6 Å². The van der Waals surface area contributed by atoms with Crippen molar-refractivity contribution in [2.24, 2.45) is 0 Å². The predicted molar refractivity (Wildman–Crippen MR) is 81.2 cm³/mol. The van der Waals surface area contributed by atoms with Crippen molar-refractivity contribution in [2.45, 2.75) is 0 Å². The first-order chi connectivity index (χ1) is 9.95. The SMILES string of the molecule is O=C(O)c1cc2nc(-c3ccc(Cl)c(Br)c3)[nH]c2cc1F. The number of carboxylic acid groups (broad SMARTS) is 1. The van der Waals surface area contributed by atoms with Crippen molar-refractivity contribution in [1.82, 2.24) is 9.97 Å². The molecule has 7 heteroatoms. The second-order valence-electron chi connectivity index (χ2n) is 4.37. The van der Waals surface area contributed by atoms with Gasteiger partial charge in [0.15, 0.2) is 0 Å². The fourth-order valence-corrected chi connectivity index (χ4v) is 2.47. The molecule has 3 rings (SSSR count). The Bertz CT molecular complexity index is 879. The first-order valence-electron chi connectivity index (χ1n) is 5.83. The maximum atomic E-state index is 13.6. The van der Waals surface area contributed by atoms with E-state index >= 15 is 0 Å². The topological polar surface area (TPSA) is 66.0 Å². The van der Waals surface area contributed by atoms with Gasteiger partial charge in [-0.15, -0.1) is 0 Å². The third kappa shape index (κ3) is 2.52. The summed E-state index contributed by atoms with van der Waals surface area (Å²) in [6.07, 6.45) is 0. The highest BCUT2D eigenvalue weighted by atomic mass is 79.9. The fourth-order valence-electron chi connectivity index (χ4n) is 1.97. The summed E-state index contributed by atoms with van der Waals surface area (Å²) in [4.78, 5) is 18.2. The molecule has 0 unspecified atom stereocenters. The second kappa shape index (κ2) is 5.13. The van der Waals surface area contributed by atoms with Crippen LogP contribution in [-0.2, 0) is 0 Å². The second-order valence-corrected chi connectivity index (χ2v) is 5.63. The fraction of sp³-hybridized carbons (Fsp3) is 0. The summed E-state index contributed by atoms with van der Waals surface area (Å²) in [5.41, 5.74) is 1.16. The number of halogens is 3. The van der Waals surface area contributed by atoms with Gasteiger partial charge in [-0.05, 0) is 40.2 Å². The van der Waals surface area contributed by atoms with Gasteiger partial charge in [-0.1, -0.05) is 11.6 Å². The van der Waals surface area contributed by atoms with Gasteiger partial charge in [0.1, 0.15) is 11.6 Å². The molecule has 0 fully saturated rings. The third-order valence-electron chi connectivity index (χ3n) is 2.99. The third-order valence-corrected chi connectivity index (χ3v) is 4.21. The lowest BCUT2D eigenvalue weighted by Crippen LogP contribution is -1.99. The molecule has 0 atom stereocenters. The van der Waals surface area contributed by atoms with Crippen LogP contribution >= 0.6 is 27.5 Å². The first-order valence-corrected chi connectivity index (χ1v) is 7.01. The summed E-state index contributed by atoms with van der Waals surface area (Å²) in [5, 5.41) is 9.48. The number of H-pyrrole nitrogens is 1. The van der Waals surface area contributed by atoms with Gasteiger partial charge in [-0.3, -0.25) is 0 Å². The molecule has 2 aromatic carbocycles. The molecule has 2 N–H and O–H groups in total. The van der Waals surface area contributed by atoms with Crippen LogP contribution in [0.4, 0.5) is 4.39 Å². The van der Waals surface area contributed by atoms with Crippen LogP contribution in [0.5, 0.6) is 0 Å². The molecule has 0 aliphatic carbocycles. The van der Waals surface area contributed by atoms with Gasteiger partial charge in [0.25, 0.3) is 0 Å². The predicted octanol–water partition coefficient (Wildman–Crippen LogP) is 4.48. The van der Waals surface area contributed by atoms with E-state index < -0.39 is 17.3 Å². The number of carboxylic acids is 1. The Morgan fingerprint density at radius 3 is 2.76 bits per heavy atom. The molecule has 3 aromatic rings. The number of fused-ring (bicyclic) bond motifs is 1. The number of benzene rings is 2. The number of hydrogen-bond donors (Lipinski definition) is 2. The van der Waals surface area contributed by atoms with E-state index in [-0.39, 0.29) is 0 Å². The summed E-state index contributed by atoms with van der Waals surface area (Å²) >= 11 is 9.25. The zero-order chi connectivity index (χ0) is 15.1. The van der Waals surface area contributed by atoms with Gasteiger partial charge in [0.05, 0.1) is 21.6 Å². The molecular weight excluding hydrogens is 363 g/mol. The van der Waals surface area contributed by atoms with Crippen LogP contribution in [-0.4, -0.2) is 21.0 Å². The molecule has 0 bridgehead atoms. The minimum atomic E-state index is -1.33. The van der Waals surface area contributed by atoms with Crippen LogP contribution in [0.2, 0.25) is 5.02 Å². The van der Waals surface area contributed by atoms with E-state index in [9.17, 15) is 9.18 Å². The molecule has 0 aliphatic heterocycles. The Hall–Kier alpha value is -1.92. The molecule has 21 heavy (non-hydrogen) atoms. The number of imidazole rings is 1. The highest BCUT2D eigenvalue weighted by Gasteiger charge is 2.14. The van der Waals surface area contributed by atoms with Crippen molar-refractivity contribution in [1.29, 1.82) is 0 Å². The standard InChI is InChI=1S/C14H7BrClFN2O2/c15-8-3-6(1-2-9(8)16)13-18-11-4-7(14(20)21)10(17)5-12(11)19-13/h1-5H,(H,18,19)(H,20,21). The number of carbonyl (C=O) groups is 1. The van der Waals surface area contributed by atoms with Crippen LogP contribution in [0.25, 0.3) is 22.4 Å². The number of aromatic carboxylic acids is 1. The van der Waals surface area contributed by atoms with Crippen LogP contribution in [0.1, 0.15) is 10.4 Å². The van der Waals surface area contributed by atoms with E-state index in [1.807, 2.05) is 0 Å². The first kappa shape index (κ1) is 14.0. The van der Waals surface area contributed by atoms with Crippen LogP contribution in [0.3, 0.4) is 0 Å². The lowest BCUT2D eigenvalue weighted by atomic mass is 10.2. The minimum Gasteiger partial charge on any atom is -0.478 e. The van der Waals surface area contributed by atoms with E-state index in [1.165, 1.54) is 6.07 Å². The van der Waals surface area contributed by atoms with Crippen molar-refractivity contribution < 1.29 is 14.3 Å². The van der Waals surface area contributed by atoms with E-state index in [0.29, 0.717) is 26.4 Å². The molecule has 0 saturated heterocycles. The van der Waals surface area contributed by atoms with E-state index in [1.54, 1.807) is 18.2 Å². The molecule has 1 heterocycles. The van der Waals surface area contributed by atoms with Crippen molar-refractivity contribution in [3.63, 3.8) is 0 Å². The van der Waals surface area contributed by atoms with Gasteiger partial charge in [0.2, 0.25) is 0 Å². The summed E-state index contributed by atoms with van der Waals surface area (Å²) in [6, 6.07) is 7.57. The number of nitrogens with zero attached hydrogens (tertiary/aromatic N) is 1. The highest BCUT2D eigenvalue weighted by molar-refractivity contribution is 9.10. The number of aromatic nitrogens is 2. The van der Waals surface area contributed by atoms with Crippen LogP contribution < -0.4 is 0 Å². The average molecular weight is 370 g/mol. The zero-order valence-corrected chi connectivity index (χ0v) is 12.7. The monoisotopic (exact) mass is 368 g/mol. The highest BCUT2D eigenvalue weighted by Crippen LogP contribution is 2.29. The summed E-state index contributed by atoms with van der Waals surface area (Å²) < 4.78 is 14.4. The van der Waals surface area contributed by atoms with Gasteiger partial charge in [-0.25, -0.2) is 14.2 Å². The molecule has 0 saturated carbocycles.